The quantitative estimate of drug-likeness (QED) is 0.697. The summed E-state index contributed by atoms with van der Waals surface area (Å²) in [6, 6.07) is 16.5. The van der Waals surface area contributed by atoms with Crippen LogP contribution >= 0.6 is 0 Å². The predicted molar refractivity (Wildman–Crippen MR) is 104 cm³/mol. The van der Waals surface area contributed by atoms with E-state index in [2.05, 4.69) is 0 Å². The number of aryl methyl sites for hydroxylation is 1. The van der Waals surface area contributed by atoms with Crippen LogP contribution in [0.3, 0.4) is 0 Å². The van der Waals surface area contributed by atoms with E-state index in [1.54, 1.807) is 27.7 Å². The molecule has 7 heteroatoms. The first-order valence-corrected chi connectivity index (χ1v) is 10.3. The third-order valence-corrected chi connectivity index (χ3v) is 6.94. The Morgan fingerprint density at radius 3 is 2.26 bits per heavy atom. The summed E-state index contributed by atoms with van der Waals surface area (Å²) >= 11 is 0. The maximum atomic E-state index is 13.0. The lowest BCUT2D eigenvalue weighted by molar-refractivity contribution is 0.0688. The molecule has 3 aromatic rings. The molecule has 27 heavy (non-hydrogen) atoms. The molecule has 1 amide bonds. The van der Waals surface area contributed by atoms with Crippen LogP contribution in [0.1, 0.15) is 10.5 Å². The van der Waals surface area contributed by atoms with Gasteiger partial charge in [0.15, 0.2) is 0 Å². The average molecular weight is 383 g/mol. The van der Waals surface area contributed by atoms with Crippen LogP contribution in [0.5, 0.6) is 0 Å². The Kier molecular flexibility index (Phi) is 4.49. The molecule has 140 valence electrons. The van der Waals surface area contributed by atoms with Gasteiger partial charge in [0.05, 0.1) is 4.90 Å². The fourth-order valence-electron chi connectivity index (χ4n) is 3.45. The molecule has 0 atom stereocenters. The number of hydrogen-bond donors (Lipinski definition) is 0. The van der Waals surface area contributed by atoms with E-state index in [1.165, 1.54) is 4.31 Å². The van der Waals surface area contributed by atoms with Gasteiger partial charge in [-0.3, -0.25) is 4.79 Å². The van der Waals surface area contributed by atoms with Gasteiger partial charge in [0.25, 0.3) is 5.91 Å². The summed E-state index contributed by atoms with van der Waals surface area (Å²) in [4.78, 5) is 14.6. The zero-order valence-electron chi connectivity index (χ0n) is 15.1. The molecule has 1 aliphatic heterocycles. The van der Waals surface area contributed by atoms with E-state index in [0.29, 0.717) is 36.8 Å². The molecule has 1 saturated heterocycles. The van der Waals surface area contributed by atoms with E-state index in [0.717, 1.165) is 10.8 Å². The van der Waals surface area contributed by atoms with Crippen LogP contribution in [-0.2, 0) is 17.1 Å². The second-order valence-corrected chi connectivity index (χ2v) is 8.65. The normalized spacial score (nSPS) is 16.0. The number of fused-ring (bicyclic) bond motifs is 1. The molecule has 2 aromatic carbocycles. The summed E-state index contributed by atoms with van der Waals surface area (Å²) in [7, 11) is -1.75. The minimum Gasteiger partial charge on any atom is -0.347 e. The molecule has 4 rings (SSSR count). The van der Waals surface area contributed by atoms with Gasteiger partial charge in [-0.2, -0.15) is 4.31 Å². The van der Waals surface area contributed by atoms with Crippen molar-refractivity contribution in [2.45, 2.75) is 4.90 Å². The maximum absolute atomic E-state index is 13.0. The van der Waals surface area contributed by atoms with E-state index in [-0.39, 0.29) is 5.91 Å². The van der Waals surface area contributed by atoms with Gasteiger partial charge in [-0.05, 0) is 35.0 Å². The molecule has 0 unspecified atom stereocenters. The minimum atomic E-state index is -3.57. The Bertz CT molecular complexity index is 1100. The van der Waals surface area contributed by atoms with Crippen LogP contribution in [0.4, 0.5) is 0 Å². The predicted octanol–water partition coefficient (Wildman–Crippen LogP) is 2.33. The first kappa shape index (κ1) is 17.8. The van der Waals surface area contributed by atoms with Crippen molar-refractivity contribution in [1.29, 1.82) is 0 Å². The third kappa shape index (κ3) is 3.24. The number of nitrogens with zero attached hydrogens (tertiary/aromatic N) is 3. The Hall–Kier alpha value is -2.64. The number of benzene rings is 2. The van der Waals surface area contributed by atoms with Crippen molar-refractivity contribution in [1.82, 2.24) is 13.8 Å². The van der Waals surface area contributed by atoms with Crippen molar-refractivity contribution in [3.8, 4) is 0 Å². The molecule has 6 nitrogen and oxygen atoms in total. The van der Waals surface area contributed by atoms with Gasteiger partial charge in [-0.15, -0.1) is 0 Å². The lowest BCUT2D eigenvalue weighted by Crippen LogP contribution is -2.50. The highest BCUT2D eigenvalue weighted by Gasteiger charge is 2.31. The largest absolute Gasteiger partial charge is 0.347 e. The molecule has 0 radical (unpaired) electrons. The number of carbonyl (C=O) groups excluding carboxylic acids is 1. The highest BCUT2D eigenvalue weighted by atomic mass is 32.2. The van der Waals surface area contributed by atoms with Gasteiger partial charge < -0.3 is 9.47 Å². The summed E-state index contributed by atoms with van der Waals surface area (Å²) in [6.07, 6.45) is 1.83. The number of amides is 1. The highest BCUT2D eigenvalue weighted by Crippen LogP contribution is 2.23. The fraction of sp³-hybridized carbons (Fsp3) is 0.250. The highest BCUT2D eigenvalue weighted by molar-refractivity contribution is 7.89. The summed E-state index contributed by atoms with van der Waals surface area (Å²) in [5.74, 6) is -0.0646. The Balaban J connectivity index is 1.51. The van der Waals surface area contributed by atoms with Crippen LogP contribution in [0.25, 0.3) is 10.8 Å². The Morgan fingerprint density at radius 2 is 1.59 bits per heavy atom. The lowest BCUT2D eigenvalue weighted by Gasteiger charge is -2.34. The molecule has 0 N–H and O–H groups in total. The van der Waals surface area contributed by atoms with Crippen LogP contribution in [-0.4, -0.2) is 54.3 Å². The zero-order chi connectivity index (χ0) is 19.0. The molecule has 2 heterocycles. The second kappa shape index (κ2) is 6.83. The van der Waals surface area contributed by atoms with Gasteiger partial charge in [0, 0.05) is 39.4 Å². The maximum Gasteiger partial charge on any atom is 0.270 e. The van der Waals surface area contributed by atoms with E-state index in [1.807, 2.05) is 49.6 Å². The van der Waals surface area contributed by atoms with Gasteiger partial charge in [0.2, 0.25) is 10.0 Å². The number of carbonyl (C=O) groups is 1. The van der Waals surface area contributed by atoms with Crippen molar-refractivity contribution in [2.24, 2.45) is 7.05 Å². The van der Waals surface area contributed by atoms with E-state index in [9.17, 15) is 13.2 Å². The van der Waals surface area contributed by atoms with Gasteiger partial charge in [-0.1, -0.05) is 30.3 Å². The Labute approximate surface area is 158 Å². The van der Waals surface area contributed by atoms with E-state index < -0.39 is 10.0 Å². The third-order valence-electron chi connectivity index (χ3n) is 5.05. The molecule has 0 aliphatic carbocycles. The molecule has 0 spiro atoms. The van der Waals surface area contributed by atoms with Crippen LogP contribution in [0.2, 0.25) is 0 Å². The minimum absolute atomic E-state index is 0.0646. The summed E-state index contributed by atoms with van der Waals surface area (Å²) in [5.41, 5.74) is 0.612. The molecule has 1 aliphatic rings. The number of piperazine rings is 1. The van der Waals surface area contributed by atoms with Gasteiger partial charge >= 0.3 is 0 Å². The number of sulfonamides is 1. The van der Waals surface area contributed by atoms with Crippen molar-refractivity contribution < 1.29 is 13.2 Å². The zero-order valence-corrected chi connectivity index (χ0v) is 15.9. The molecule has 0 saturated carbocycles. The monoisotopic (exact) mass is 383 g/mol. The van der Waals surface area contributed by atoms with Crippen molar-refractivity contribution in [3.63, 3.8) is 0 Å². The molecular weight excluding hydrogens is 362 g/mol. The summed E-state index contributed by atoms with van der Waals surface area (Å²) in [6.45, 7) is 1.37. The summed E-state index contributed by atoms with van der Waals surface area (Å²) in [5, 5.41) is 1.91. The van der Waals surface area contributed by atoms with Crippen LogP contribution in [0, 0.1) is 0 Å². The number of hydrogen-bond acceptors (Lipinski definition) is 3. The van der Waals surface area contributed by atoms with Crippen LogP contribution in [0.15, 0.2) is 65.7 Å². The molecule has 0 bridgehead atoms. The average Bonchev–Trinajstić information content (AvgIpc) is 3.13. The molecule has 1 aromatic heterocycles. The first-order valence-electron chi connectivity index (χ1n) is 8.86. The SMILES string of the molecule is Cn1cccc1C(=O)N1CCN(S(=O)(=O)c2ccc3ccccc3c2)CC1. The first-order chi connectivity index (χ1) is 13.0. The molecular formula is C20H21N3O3S. The Morgan fingerprint density at radius 1 is 0.889 bits per heavy atom. The lowest BCUT2D eigenvalue weighted by atomic mass is 10.1. The van der Waals surface area contributed by atoms with Crippen molar-refractivity contribution in [2.75, 3.05) is 26.2 Å². The van der Waals surface area contributed by atoms with E-state index >= 15 is 0 Å². The number of rotatable bonds is 3. The number of aromatic nitrogens is 1. The fourth-order valence-corrected chi connectivity index (χ4v) is 4.91. The second-order valence-electron chi connectivity index (χ2n) is 6.71. The topological polar surface area (TPSA) is 62.6 Å². The van der Waals surface area contributed by atoms with Gasteiger partial charge in [-0.25, -0.2) is 8.42 Å². The molecule has 1 fully saturated rings. The van der Waals surface area contributed by atoms with Crippen LogP contribution < -0.4 is 0 Å². The standard InChI is InChI=1S/C20H21N3O3S/c1-21-10-4-7-19(21)20(24)22-11-13-23(14-12-22)27(25,26)18-9-8-16-5-2-3-6-17(16)15-18/h2-10,15H,11-14H2,1H3. The van der Waals surface area contributed by atoms with Crippen molar-refractivity contribution in [3.05, 3.63) is 66.5 Å². The van der Waals surface area contributed by atoms with Crippen molar-refractivity contribution >= 4 is 26.7 Å². The summed E-state index contributed by atoms with van der Waals surface area (Å²) < 4.78 is 29.3. The van der Waals surface area contributed by atoms with Gasteiger partial charge in [0.1, 0.15) is 5.69 Å². The van der Waals surface area contributed by atoms with E-state index in [4.69, 9.17) is 0 Å². The smallest absolute Gasteiger partial charge is 0.270 e.